The number of hydrogen-bond acceptors (Lipinski definition) is 5. The molecule has 8 nitrogen and oxygen atoms in total. The first kappa shape index (κ1) is 22.1. The van der Waals surface area contributed by atoms with Gasteiger partial charge in [-0.15, -0.1) is 0 Å². The number of para-hydroxylation sites is 1. The van der Waals surface area contributed by atoms with Gasteiger partial charge in [-0.2, -0.15) is 10.2 Å². The SMILES string of the molecule is CCn1cc(NC(=O)c2cn(-c3ccccc3)nc2C23CC4CC(CC(C4)C2)C3)c(C(=O)OC)n1. The minimum atomic E-state index is -0.575. The topological polar surface area (TPSA) is 91.0 Å². The van der Waals surface area contributed by atoms with Crippen LogP contribution in [-0.4, -0.2) is 38.5 Å². The summed E-state index contributed by atoms with van der Waals surface area (Å²) in [5.41, 5.74) is 2.81. The van der Waals surface area contributed by atoms with E-state index in [0.717, 1.165) is 48.4 Å². The summed E-state index contributed by atoms with van der Waals surface area (Å²) in [6, 6.07) is 9.92. The zero-order chi connectivity index (χ0) is 24.2. The Labute approximate surface area is 204 Å². The predicted octanol–water partition coefficient (Wildman–Crippen LogP) is 4.60. The molecule has 0 unspecified atom stereocenters. The third-order valence-electron chi connectivity index (χ3n) is 8.23. The van der Waals surface area contributed by atoms with Crippen molar-refractivity contribution in [1.82, 2.24) is 19.6 Å². The first-order valence-electron chi connectivity index (χ1n) is 12.6. The number of nitrogens with one attached hydrogen (secondary N) is 1. The largest absolute Gasteiger partial charge is 0.464 e. The third-order valence-corrected chi connectivity index (χ3v) is 8.23. The summed E-state index contributed by atoms with van der Waals surface area (Å²) in [4.78, 5) is 26.1. The highest BCUT2D eigenvalue weighted by molar-refractivity contribution is 6.08. The number of esters is 1. The number of amides is 1. The van der Waals surface area contributed by atoms with Crippen LogP contribution in [0.15, 0.2) is 42.7 Å². The molecule has 2 heterocycles. The first-order valence-corrected chi connectivity index (χ1v) is 12.6. The van der Waals surface area contributed by atoms with Crippen molar-refractivity contribution in [2.75, 3.05) is 12.4 Å². The van der Waals surface area contributed by atoms with Crippen LogP contribution in [0, 0.1) is 17.8 Å². The van der Waals surface area contributed by atoms with Gasteiger partial charge < -0.3 is 10.1 Å². The van der Waals surface area contributed by atoms with E-state index >= 15 is 0 Å². The Morgan fingerprint density at radius 2 is 1.69 bits per heavy atom. The molecule has 2 aromatic heterocycles. The number of rotatable bonds is 6. The molecular formula is C27H31N5O3. The maximum atomic E-state index is 13.8. The van der Waals surface area contributed by atoms with Crippen LogP contribution in [0.25, 0.3) is 5.69 Å². The van der Waals surface area contributed by atoms with Crippen molar-refractivity contribution in [2.45, 2.75) is 57.4 Å². The molecule has 0 saturated heterocycles. The number of ether oxygens (including phenoxy) is 1. The Hall–Kier alpha value is -3.42. The maximum absolute atomic E-state index is 13.8. The van der Waals surface area contributed by atoms with E-state index in [-0.39, 0.29) is 17.0 Å². The molecule has 1 aromatic carbocycles. The number of carbonyl (C=O) groups excluding carboxylic acids is 2. The molecule has 0 radical (unpaired) electrons. The lowest BCUT2D eigenvalue weighted by atomic mass is 9.48. The monoisotopic (exact) mass is 473 g/mol. The van der Waals surface area contributed by atoms with Crippen molar-refractivity contribution in [1.29, 1.82) is 0 Å². The second-order valence-electron chi connectivity index (χ2n) is 10.6. The highest BCUT2D eigenvalue weighted by Gasteiger charge is 2.54. The summed E-state index contributed by atoms with van der Waals surface area (Å²) in [6.07, 6.45) is 10.8. The molecule has 1 N–H and O–H groups in total. The Kier molecular flexibility index (Phi) is 5.27. The first-order chi connectivity index (χ1) is 17.0. The van der Waals surface area contributed by atoms with Crippen molar-refractivity contribution in [3.05, 3.63) is 59.7 Å². The number of carbonyl (C=O) groups is 2. The molecule has 4 saturated carbocycles. The van der Waals surface area contributed by atoms with Crippen LogP contribution in [-0.2, 0) is 16.7 Å². The summed E-state index contributed by atoms with van der Waals surface area (Å²) < 4.78 is 8.34. The van der Waals surface area contributed by atoms with Crippen LogP contribution in [0.4, 0.5) is 5.69 Å². The van der Waals surface area contributed by atoms with E-state index in [4.69, 9.17) is 9.84 Å². The van der Waals surface area contributed by atoms with Gasteiger partial charge in [0.2, 0.25) is 0 Å². The lowest BCUT2D eigenvalue weighted by Gasteiger charge is -2.56. The highest BCUT2D eigenvalue weighted by atomic mass is 16.5. The quantitative estimate of drug-likeness (QED) is 0.529. The van der Waals surface area contributed by atoms with Gasteiger partial charge in [-0.25, -0.2) is 9.48 Å². The zero-order valence-electron chi connectivity index (χ0n) is 20.2. The van der Waals surface area contributed by atoms with Crippen molar-refractivity contribution in [3.63, 3.8) is 0 Å². The molecule has 4 aliphatic carbocycles. The molecule has 1 amide bonds. The molecule has 0 atom stereocenters. The Balaban J connectivity index is 1.41. The molecule has 0 spiro atoms. The van der Waals surface area contributed by atoms with E-state index in [0.29, 0.717) is 17.8 Å². The van der Waals surface area contributed by atoms with Gasteiger partial charge >= 0.3 is 5.97 Å². The molecular weight excluding hydrogens is 442 g/mol. The van der Waals surface area contributed by atoms with Gasteiger partial charge in [0, 0.05) is 24.4 Å². The number of hydrogen-bond donors (Lipinski definition) is 1. The van der Waals surface area contributed by atoms with Crippen LogP contribution in [0.2, 0.25) is 0 Å². The number of aryl methyl sites for hydroxylation is 1. The zero-order valence-corrected chi connectivity index (χ0v) is 20.2. The smallest absolute Gasteiger partial charge is 0.360 e. The van der Waals surface area contributed by atoms with E-state index in [9.17, 15) is 9.59 Å². The minimum absolute atomic E-state index is 0.0553. The second kappa shape index (κ2) is 8.36. The third kappa shape index (κ3) is 3.75. The average Bonchev–Trinajstić information content (AvgIpc) is 3.49. The second-order valence-corrected chi connectivity index (χ2v) is 10.6. The molecule has 35 heavy (non-hydrogen) atoms. The summed E-state index contributed by atoms with van der Waals surface area (Å²) in [5.74, 6) is 1.35. The van der Waals surface area contributed by atoms with Gasteiger partial charge in [-0.05, 0) is 75.3 Å². The molecule has 7 rings (SSSR count). The van der Waals surface area contributed by atoms with Gasteiger partial charge in [0.05, 0.1) is 29.7 Å². The normalized spacial score (nSPS) is 26.6. The fourth-order valence-electron chi connectivity index (χ4n) is 7.16. The van der Waals surface area contributed by atoms with Crippen molar-refractivity contribution >= 4 is 17.6 Å². The van der Waals surface area contributed by atoms with Crippen molar-refractivity contribution in [3.8, 4) is 5.69 Å². The highest BCUT2D eigenvalue weighted by Crippen LogP contribution is 2.60. The maximum Gasteiger partial charge on any atom is 0.360 e. The van der Waals surface area contributed by atoms with Crippen molar-refractivity contribution < 1.29 is 14.3 Å². The summed E-state index contributed by atoms with van der Waals surface area (Å²) >= 11 is 0. The number of methoxy groups -OCH3 is 1. The van der Waals surface area contributed by atoms with Crippen LogP contribution in [0.1, 0.15) is 72.0 Å². The van der Waals surface area contributed by atoms with E-state index < -0.39 is 5.97 Å². The van der Waals surface area contributed by atoms with E-state index in [1.54, 1.807) is 10.9 Å². The summed E-state index contributed by atoms with van der Waals surface area (Å²) in [5, 5.41) is 12.3. The predicted molar refractivity (Wildman–Crippen MR) is 131 cm³/mol. The van der Waals surface area contributed by atoms with E-state index in [2.05, 4.69) is 10.4 Å². The molecule has 8 heteroatoms. The van der Waals surface area contributed by atoms with Gasteiger partial charge in [0.1, 0.15) is 0 Å². The van der Waals surface area contributed by atoms with Gasteiger partial charge in [0.15, 0.2) is 5.69 Å². The number of benzene rings is 1. The lowest BCUT2D eigenvalue weighted by Crippen LogP contribution is -2.49. The van der Waals surface area contributed by atoms with Gasteiger partial charge in [-0.3, -0.25) is 9.48 Å². The lowest BCUT2D eigenvalue weighted by molar-refractivity contribution is -0.00765. The van der Waals surface area contributed by atoms with Gasteiger partial charge in [-0.1, -0.05) is 18.2 Å². The molecule has 3 aromatic rings. The van der Waals surface area contributed by atoms with Crippen LogP contribution >= 0.6 is 0 Å². The molecule has 4 bridgehead atoms. The van der Waals surface area contributed by atoms with Crippen LogP contribution in [0.3, 0.4) is 0 Å². The summed E-state index contributed by atoms with van der Waals surface area (Å²) in [6.45, 7) is 2.50. The van der Waals surface area contributed by atoms with Gasteiger partial charge in [0.25, 0.3) is 5.91 Å². The minimum Gasteiger partial charge on any atom is -0.464 e. The molecule has 182 valence electrons. The fraction of sp³-hybridized carbons (Fsp3) is 0.481. The van der Waals surface area contributed by atoms with Crippen LogP contribution < -0.4 is 5.32 Å². The van der Waals surface area contributed by atoms with E-state index in [1.165, 1.54) is 26.4 Å². The summed E-state index contributed by atoms with van der Waals surface area (Å²) in [7, 11) is 1.31. The molecule has 4 aliphatic rings. The number of aromatic nitrogens is 4. The molecule has 0 aliphatic heterocycles. The van der Waals surface area contributed by atoms with E-state index in [1.807, 2.05) is 48.1 Å². The Morgan fingerprint density at radius 3 is 2.29 bits per heavy atom. The molecule has 4 fully saturated rings. The average molecular weight is 474 g/mol. The van der Waals surface area contributed by atoms with Crippen molar-refractivity contribution in [2.24, 2.45) is 17.8 Å². The van der Waals surface area contributed by atoms with Crippen LogP contribution in [0.5, 0.6) is 0 Å². The fourth-order valence-corrected chi connectivity index (χ4v) is 7.16. The standard InChI is InChI=1S/C27H31N5O3/c1-3-31-16-22(23(29-31)26(34)35-2)28-25(33)21-15-32(20-7-5-4-6-8-20)30-24(21)27-12-17-9-18(13-27)11-19(10-17)14-27/h4-8,15-19H,3,9-14H2,1-2H3,(H,28,33). The Bertz CT molecular complexity index is 1240. The Morgan fingerprint density at radius 1 is 1.03 bits per heavy atom. The number of anilines is 1. The number of nitrogens with zero attached hydrogens (tertiary/aromatic N) is 4.